The molecule has 0 bridgehead atoms. The van der Waals surface area contributed by atoms with E-state index >= 15 is 0 Å². The maximum atomic E-state index is 14.0. The minimum absolute atomic E-state index is 0.0300. The summed E-state index contributed by atoms with van der Waals surface area (Å²) in [5.41, 5.74) is 2.54. The van der Waals surface area contributed by atoms with Crippen LogP contribution in [0.3, 0.4) is 0 Å². The third kappa shape index (κ3) is 2.79. The van der Waals surface area contributed by atoms with Crippen molar-refractivity contribution in [1.29, 1.82) is 0 Å². The molecule has 150 valence electrons. The van der Waals surface area contributed by atoms with Crippen LogP contribution in [0.1, 0.15) is 12.5 Å². The molecule has 2 fully saturated rings. The molecule has 0 aliphatic carbocycles. The number of ether oxygens (including phenoxy) is 1. The molecule has 5 rings (SSSR count). The Bertz CT molecular complexity index is 947. The molecule has 0 aromatic heterocycles. The summed E-state index contributed by atoms with van der Waals surface area (Å²) in [4.78, 5) is 31.9. The summed E-state index contributed by atoms with van der Waals surface area (Å²) in [6.45, 7) is 5.34. The topological polar surface area (TPSA) is 53.1 Å². The predicted molar refractivity (Wildman–Crippen MR) is 114 cm³/mol. The second-order valence-electron chi connectivity index (χ2n) is 7.54. The Kier molecular flexibility index (Phi) is 4.61. The first-order valence-corrected chi connectivity index (χ1v) is 10.8. The normalized spacial score (nSPS) is 27.1. The molecule has 2 amide bonds. The van der Waals surface area contributed by atoms with Gasteiger partial charge in [-0.15, -0.1) is 11.8 Å². The van der Waals surface area contributed by atoms with Crippen molar-refractivity contribution in [3.05, 3.63) is 60.2 Å². The molecular weight excluding hydrogens is 386 g/mol. The second kappa shape index (κ2) is 7.16. The van der Waals surface area contributed by atoms with Gasteiger partial charge in [0.05, 0.1) is 30.8 Å². The van der Waals surface area contributed by atoms with Gasteiger partial charge < -0.3 is 4.74 Å². The highest BCUT2D eigenvalue weighted by molar-refractivity contribution is 8.03. The fraction of sp³-hybridized carbons (Fsp3) is 0.364. The molecule has 7 heteroatoms. The maximum absolute atomic E-state index is 14.0. The van der Waals surface area contributed by atoms with E-state index in [1.165, 1.54) is 11.8 Å². The fourth-order valence-electron chi connectivity index (χ4n) is 4.40. The Balaban J connectivity index is 1.62. The number of fused-ring (bicyclic) bond motifs is 2. The lowest BCUT2D eigenvalue weighted by Gasteiger charge is -2.34. The number of carbonyl (C=O) groups is 2. The predicted octanol–water partition coefficient (Wildman–Crippen LogP) is 2.64. The minimum Gasteiger partial charge on any atom is -0.379 e. The lowest BCUT2D eigenvalue weighted by atomic mass is 10.0. The van der Waals surface area contributed by atoms with E-state index in [2.05, 4.69) is 4.90 Å². The van der Waals surface area contributed by atoms with Crippen molar-refractivity contribution in [2.24, 2.45) is 0 Å². The zero-order valence-electron chi connectivity index (χ0n) is 16.3. The van der Waals surface area contributed by atoms with Gasteiger partial charge in [-0.05, 0) is 25.1 Å². The third-order valence-corrected chi connectivity index (χ3v) is 7.26. The summed E-state index contributed by atoms with van der Waals surface area (Å²) in [7, 11) is 0. The van der Waals surface area contributed by atoms with Crippen molar-refractivity contribution < 1.29 is 14.3 Å². The first kappa shape index (κ1) is 18.7. The van der Waals surface area contributed by atoms with E-state index in [0.29, 0.717) is 19.9 Å². The molecule has 1 spiro atoms. The number of amides is 2. The number of anilines is 2. The van der Waals surface area contributed by atoms with Crippen LogP contribution in [0.4, 0.5) is 11.4 Å². The zero-order valence-corrected chi connectivity index (χ0v) is 17.1. The van der Waals surface area contributed by atoms with Crippen molar-refractivity contribution in [2.75, 3.05) is 42.8 Å². The quantitative estimate of drug-likeness (QED) is 0.780. The molecule has 3 heterocycles. The largest absolute Gasteiger partial charge is 0.379 e. The minimum atomic E-state index is -1.05. The van der Waals surface area contributed by atoms with Crippen molar-refractivity contribution in [1.82, 2.24) is 4.90 Å². The van der Waals surface area contributed by atoms with Gasteiger partial charge in [0.2, 0.25) is 10.8 Å². The molecule has 0 saturated carbocycles. The average molecular weight is 410 g/mol. The summed E-state index contributed by atoms with van der Waals surface area (Å²) in [6.07, 6.45) is 0. The molecule has 29 heavy (non-hydrogen) atoms. The van der Waals surface area contributed by atoms with Crippen LogP contribution in [0.25, 0.3) is 0 Å². The molecule has 0 radical (unpaired) electrons. The van der Waals surface area contributed by atoms with E-state index in [0.717, 1.165) is 30.0 Å². The number of thioether (sulfide) groups is 1. The van der Waals surface area contributed by atoms with Crippen LogP contribution in [0.2, 0.25) is 0 Å². The first-order valence-electron chi connectivity index (χ1n) is 9.91. The molecule has 3 aliphatic rings. The van der Waals surface area contributed by atoms with Crippen LogP contribution in [-0.2, 0) is 19.2 Å². The number of para-hydroxylation sites is 2. The van der Waals surface area contributed by atoms with Crippen LogP contribution in [0.15, 0.2) is 54.6 Å². The number of morpholine rings is 1. The summed E-state index contributed by atoms with van der Waals surface area (Å²) in [5.74, 6) is -0.0747. The van der Waals surface area contributed by atoms with Crippen LogP contribution in [0, 0.1) is 0 Å². The molecule has 2 aromatic carbocycles. The summed E-state index contributed by atoms with van der Waals surface area (Å²) in [6, 6.07) is 17.4. The van der Waals surface area contributed by atoms with E-state index in [1.807, 2.05) is 66.4 Å². The van der Waals surface area contributed by atoms with Crippen LogP contribution in [0.5, 0.6) is 0 Å². The van der Waals surface area contributed by atoms with Crippen molar-refractivity contribution >= 4 is 35.0 Å². The lowest BCUT2D eigenvalue weighted by Crippen LogP contribution is -2.52. The molecule has 0 unspecified atom stereocenters. The van der Waals surface area contributed by atoms with Crippen LogP contribution in [-0.4, -0.2) is 54.9 Å². The Hall–Kier alpha value is -2.35. The molecule has 2 saturated heterocycles. The van der Waals surface area contributed by atoms with Gasteiger partial charge >= 0.3 is 0 Å². The molecular formula is C22H23N3O3S. The molecule has 2 atom stereocenters. The number of nitrogens with zero attached hydrogens (tertiary/aromatic N) is 3. The SMILES string of the molecule is C[C@@H]1S[C@@]2(C(=O)N(CN3CCOCC3)c3ccccc32)N(c2ccccc2)C1=O. The highest BCUT2D eigenvalue weighted by Gasteiger charge is 2.63. The Morgan fingerprint density at radius 1 is 1.03 bits per heavy atom. The maximum Gasteiger partial charge on any atom is 0.269 e. The molecule has 6 nitrogen and oxygen atoms in total. The lowest BCUT2D eigenvalue weighted by molar-refractivity contribution is -0.124. The van der Waals surface area contributed by atoms with Gasteiger partial charge in [0.1, 0.15) is 0 Å². The van der Waals surface area contributed by atoms with Gasteiger partial charge in [0.25, 0.3) is 5.91 Å². The first-order chi connectivity index (χ1) is 14.1. The Morgan fingerprint density at radius 2 is 1.72 bits per heavy atom. The van der Waals surface area contributed by atoms with Gasteiger partial charge in [-0.1, -0.05) is 36.4 Å². The Labute approximate surface area is 174 Å². The van der Waals surface area contributed by atoms with E-state index in [9.17, 15) is 9.59 Å². The number of hydrogen-bond acceptors (Lipinski definition) is 5. The van der Waals surface area contributed by atoms with Crippen LogP contribution < -0.4 is 9.80 Å². The molecule has 2 aromatic rings. The number of hydrogen-bond donors (Lipinski definition) is 0. The monoisotopic (exact) mass is 409 g/mol. The summed E-state index contributed by atoms with van der Waals surface area (Å²) in [5, 5.41) is -0.296. The third-order valence-electron chi connectivity index (χ3n) is 5.78. The highest BCUT2D eigenvalue weighted by atomic mass is 32.2. The smallest absolute Gasteiger partial charge is 0.269 e. The summed E-state index contributed by atoms with van der Waals surface area (Å²) < 4.78 is 5.45. The Morgan fingerprint density at radius 3 is 2.48 bits per heavy atom. The van der Waals surface area contributed by atoms with Gasteiger partial charge in [-0.3, -0.25) is 24.3 Å². The zero-order chi connectivity index (χ0) is 20.0. The van der Waals surface area contributed by atoms with Crippen molar-refractivity contribution in [3.8, 4) is 0 Å². The van der Waals surface area contributed by atoms with Crippen molar-refractivity contribution in [3.63, 3.8) is 0 Å². The second-order valence-corrected chi connectivity index (χ2v) is 9.07. The van der Waals surface area contributed by atoms with Gasteiger partial charge in [-0.25, -0.2) is 0 Å². The average Bonchev–Trinajstić information content (AvgIpc) is 3.16. The van der Waals surface area contributed by atoms with Gasteiger partial charge in [0, 0.05) is 24.3 Å². The highest BCUT2D eigenvalue weighted by Crippen LogP contribution is 2.57. The molecule has 0 N–H and O–H groups in total. The van der Waals surface area contributed by atoms with E-state index in [-0.39, 0.29) is 17.1 Å². The van der Waals surface area contributed by atoms with E-state index in [4.69, 9.17) is 4.74 Å². The fourth-order valence-corrected chi connectivity index (χ4v) is 5.93. The molecule has 3 aliphatic heterocycles. The van der Waals surface area contributed by atoms with Crippen molar-refractivity contribution in [2.45, 2.75) is 17.0 Å². The van der Waals surface area contributed by atoms with Gasteiger partial charge in [0.15, 0.2) is 0 Å². The number of rotatable bonds is 3. The number of carbonyl (C=O) groups excluding carboxylic acids is 2. The van der Waals surface area contributed by atoms with E-state index in [1.54, 1.807) is 4.90 Å². The summed E-state index contributed by atoms with van der Waals surface area (Å²) >= 11 is 1.45. The van der Waals surface area contributed by atoms with E-state index < -0.39 is 4.87 Å². The van der Waals surface area contributed by atoms with Crippen LogP contribution >= 0.6 is 11.8 Å². The van der Waals surface area contributed by atoms with Gasteiger partial charge in [-0.2, -0.15) is 0 Å². The number of benzene rings is 2. The standard InChI is InChI=1S/C22H23N3O3S/c1-16-20(26)25(17-7-3-2-4-8-17)22(29-16)18-9-5-6-10-19(18)24(21(22)27)15-23-11-13-28-14-12-23/h2-10,16H,11-15H2,1H3/t16-,22-/m0/s1.